The molecule has 27 heavy (non-hydrogen) atoms. The minimum Gasteiger partial charge on any atom is -0.310 e. The standard InChI is InChI=1S/C22H21N3O2/c1-15-7-9-17(10-8-15)19-11-12-21(26)25(23-19)16(2)22(27)24-14-13-18-5-3-4-6-20(18)24/h3-12,16H,13-14H2,1-2H3. The van der Waals surface area contributed by atoms with Crippen molar-refractivity contribution < 1.29 is 4.79 Å². The Kier molecular flexibility index (Phi) is 4.36. The summed E-state index contributed by atoms with van der Waals surface area (Å²) in [6.45, 7) is 4.39. The quantitative estimate of drug-likeness (QED) is 0.720. The molecule has 5 nitrogen and oxygen atoms in total. The van der Waals surface area contributed by atoms with Gasteiger partial charge in [0.05, 0.1) is 5.69 Å². The fourth-order valence-corrected chi connectivity index (χ4v) is 3.48. The molecule has 1 aromatic heterocycles. The van der Waals surface area contributed by atoms with E-state index >= 15 is 0 Å². The molecule has 1 aliphatic rings. The van der Waals surface area contributed by atoms with E-state index in [1.807, 2.05) is 55.5 Å². The zero-order valence-electron chi connectivity index (χ0n) is 15.4. The van der Waals surface area contributed by atoms with Crippen molar-refractivity contribution >= 4 is 11.6 Å². The summed E-state index contributed by atoms with van der Waals surface area (Å²) in [5.41, 5.74) is 4.56. The fourth-order valence-electron chi connectivity index (χ4n) is 3.48. The van der Waals surface area contributed by atoms with Gasteiger partial charge in [-0.25, -0.2) is 4.68 Å². The molecule has 0 fully saturated rings. The highest BCUT2D eigenvalue weighted by Gasteiger charge is 2.29. The molecule has 0 radical (unpaired) electrons. The summed E-state index contributed by atoms with van der Waals surface area (Å²) >= 11 is 0. The fraction of sp³-hybridized carbons (Fsp3) is 0.227. The van der Waals surface area contributed by atoms with Gasteiger partial charge >= 0.3 is 0 Å². The van der Waals surface area contributed by atoms with Gasteiger partial charge in [0.2, 0.25) is 0 Å². The Morgan fingerprint density at radius 3 is 2.56 bits per heavy atom. The maximum absolute atomic E-state index is 13.1. The third-order valence-electron chi connectivity index (χ3n) is 5.05. The minimum absolute atomic E-state index is 0.115. The number of carbonyl (C=O) groups excluding carboxylic acids is 1. The van der Waals surface area contributed by atoms with Crippen molar-refractivity contribution in [1.29, 1.82) is 0 Å². The van der Waals surface area contributed by atoms with E-state index in [4.69, 9.17) is 0 Å². The number of aryl methyl sites for hydroxylation is 1. The molecule has 1 aliphatic heterocycles. The van der Waals surface area contributed by atoms with Crippen molar-refractivity contribution in [2.75, 3.05) is 11.4 Å². The van der Waals surface area contributed by atoms with Crippen LogP contribution in [0.2, 0.25) is 0 Å². The highest BCUT2D eigenvalue weighted by Crippen LogP contribution is 2.29. The summed E-state index contributed by atoms with van der Waals surface area (Å²) in [5.74, 6) is -0.115. The van der Waals surface area contributed by atoms with Crippen molar-refractivity contribution in [2.45, 2.75) is 26.3 Å². The molecule has 1 atom stereocenters. The van der Waals surface area contributed by atoms with Crippen molar-refractivity contribution in [3.05, 3.63) is 82.1 Å². The maximum Gasteiger partial charge on any atom is 0.267 e. The largest absolute Gasteiger partial charge is 0.310 e. The van der Waals surface area contributed by atoms with Gasteiger partial charge in [-0.3, -0.25) is 9.59 Å². The lowest BCUT2D eigenvalue weighted by atomic mass is 10.1. The number of amides is 1. The van der Waals surface area contributed by atoms with E-state index in [2.05, 4.69) is 5.10 Å². The molecule has 0 spiro atoms. The van der Waals surface area contributed by atoms with Crippen LogP contribution in [0.4, 0.5) is 5.69 Å². The van der Waals surface area contributed by atoms with Gasteiger partial charge in [0, 0.05) is 23.9 Å². The van der Waals surface area contributed by atoms with Crippen LogP contribution in [0.3, 0.4) is 0 Å². The normalized spacial score (nSPS) is 14.1. The van der Waals surface area contributed by atoms with Gasteiger partial charge in [-0.05, 0) is 38.0 Å². The molecule has 0 aliphatic carbocycles. The number of rotatable bonds is 3. The second-order valence-electron chi connectivity index (χ2n) is 6.91. The molecule has 1 amide bonds. The van der Waals surface area contributed by atoms with E-state index in [9.17, 15) is 9.59 Å². The van der Waals surface area contributed by atoms with Gasteiger partial charge in [0.25, 0.3) is 11.5 Å². The van der Waals surface area contributed by atoms with Gasteiger partial charge in [-0.2, -0.15) is 5.10 Å². The molecule has 5 heteroatoms. The molecule has 0 bridgehead atoms. The first kappa shape index (κ1) is 17.2. The Labute approximate surface area is 157 Å². The van der Waals surface area contributed by atoms with E-state index < -0.39 is 6.04 Å². The van der Waals surface area contributed by atoms with Crippen molar-refractivity contribution in [1.82, 2.24) is 9.78 Å². The molecule has 4 rings (SSSR count). The first-order valence-corrected chi connectivity index (χ1v) is 9.11. The number of anilines is 1. The molecular weight excluding hydrogens is 338 g/mol. The van der Waals surface area contributed by atoms with Crippen LogP contribution in [0, 0.1) is 6.92 Å². The van der Waals surface area contributed by atoms with Crippen LogP contribution in [0.25, 0.3) is 11.3 Å². The van der Waals surface area contributed by atoms with Gasteiger partial charge in [0.15, 0.2) is 0 Å². The smallest absolute Gasteiger partial charge is 0.267 e. The predicted molar refractivity (Wildman–Crippen MR) is 106 cm³/mol. The van der Waals surface area contributed by atoms with Gasteiger partial charge in [-0.1, -0.05) is 48.0 Å². The molecule has 0 N–H and O–H groups in total. The molecular formula is C22H21N3O2. The lowest BCUT2D eigenvalue weighted by molar-refractivity contribution is -0.121. The Morgan fingerprint density at radius 2 is 1.78 bits per heavy atom. The lowest BCUT2D eigenvalue weighted by Crippen LogP contribution is -2.39. The van der Waals surface area contributed by atoms with Crippen LogP contribution in [-0.2, 0) is 11.2 Å². The molecule has 136 valence electrons. The maximum atomic E-state index is 13.1. The first-order valence-electron chi connectivity index (χ1n) is 9.11. The number of aromatic nitrogens is 2. The average molecular weight is 359 g/mol. The number of hydrogen-bond donors (Lipinski definition) is 0. The number of hydrogen-bond acceptors (Lipinski definition) is 3. The van der Waals surface area contributed by atoms with Crippen LogP contribution >= 0.6 is 0 Å². The molecule has 1 unspecified atom stereocenters. The Hall–Kier alpha value is -3.21. The third kappa shape index (κ3) is 3.16. The number of fused-ring (bicyclic) bond motifs is 1. The Morgan fingerprint density at radius 1 is 1.04 bits per heavy atom. The minimum atomic E-state index is -0.672. The first-order chi connectivity index (χ1) is 13.0. The summed E-state index contributed by atoms with van der Waals surface area (Å²) in [7, 11) is 0. The summed E-state index contributed by atoms with van der Waals surface area (Å²) in [6.07, 6.45) is 0.834. The average Bonchev–Trinajstić information content (AvgIpc) is 3.12. The topological polar surface area (TPSA) is 55.2 Å². The zero-order valence-corrected chi connectivity index (χ0v) is 15.4. The third-order valence-corrected chi connectivity index (χ3v) is 5.05. The van der Waals surface area contributed by atoms with Crippen molar-refractivity contribution in [3.63, 3.8) is 0 Å². The summed E-state index contributed by atoms with van der Waals surface area (Å²) in [6, 6.07) is 18.3. The summed E-state index contributed by atoms with van der Waals surface area (Å²) < 4.78 is 1.29. The van der Waals surface area contributed by atoms with Crippen LogP contribution in [0.15, 0.2) is 65.5 Å². The predicted octanol–water partition coefficient (Wildman–Crippen LogP) is 3.37. The lowest BCUT2D eigenvalue weighted by Gasteiger charge is -2.22. The van der Waals surface area contributed by atoms with Crippen LogP contribution in [-0.4, -0.2) is 22.2 Å². The molecule has 2 aromatic carbocycles. The highest BCUT2D eigenvalue weighted by atomic mass is 16.2. The van der Waals surface area contributed by atoms with Gasteiger partial charge < -0.3 is 4.90 Å². The Balaban J connectivity index is 1.67. The molecule has 2 heterocycles. The molecule has 0 saturated carbocycles. The van der Waals surface area contributed by atoms with E-state index in [0.717, 1.165) is 28.8 Å². The number of benzene rings is 2. The second kappa shape index (κ2) is 6.83. The number of nitrogens with zero attached hydrogens (tertiary/aromatic N) is 3. The highest BCUT2D eigenvalue weighted by molar-refractivity contribution is 5.97. The Bertz CT molecular complexity index is 1050. The van der Waals surface area contributed by atoms with Crippen LogP contribution in [0.1, 0.15) is 24.1 Å². The van der Waals surface area contributed by atoms with Gasteiger partial charge in [-0.15, -0.1) is 0 Å². The van der Waals surface area contributed by atoms with E-state index in [1.165, 1.54) is 10.7 Å². The van der Waals surface area contributed by atoms with Gasteiger partial charge in [0.1, 0.15) is 6.04 Å². The monoisotopic (exact) mass is 359 g/mol. The van der Waals surface area contributed by atoms with Crippen molar-refractivity contribution in [2.24, 2.45) is 0 Å². The van der Waals surface area contributed by atoms with Crippen molar-refractivity contribution in [3.8, 4) is 11.3 Å². The van der Waals surface area contributed by atoms with E-state index in [-0.39, 0.29) is 11.5 Å². The SMILES string of the molecule is Cc1ccc(-c2ccc(=O)n(C(C)C(=O)N3CCc4ccccc43)n2)cc1. The summed E-state index contributed by atoms with van der Waals surface area (Å²) in [5, 5.41) is 4.48. The van der Waals surface area contributed by atoms with Crippen LogP contribution < -0.4 is 10.5 Å². The molecule has 3 aromatic rings. The van der Waals surface area contributed by atoms with E-state index in [0.29, 0.717) is 12.2 Å². The molecule has 0 saturated heterocycles. The van der Waals surface area contributed by atoms with E-state index in [1.54, 1.807) is 17.9 Å². The van der Waals surface area contributed by atoms with Crippen LogP contribution in [0.5, 0.6) is 0 Å². The summed E-state index contributed by atoms with van der Waals surface area (Å²) in [4.78, 5) is 27.2. The second-order valence-corrected chi connectivity index (χ2v) is 6.91. The number of para-hydroxylation sites is 1. The number of carbonyl (C=O) groups is 1. The zero-order chi connectivity index (χ0) is 19.0.